The topological polar surface area (TPSA) is 63.9 Å². The van der Waals surface area contributed by atoms with Crippen molar-refractivity contribution in [1.29, 1.82) is 0 Å². The van der Waals surface area contributed by atoms with Crippen LogP contribution in [0.3, 0.4) is 0 Å². The maximum Gasteiger partial charge on any atom is 0.198 e. The second kappa shape index (κ2) is 3.65. The number of aromatic amines is 1. The molecule has 0 atom stereocenters. The fourth-order valence-electron chi connectivity index (χ4n) is 1.51. The number of hydrogen-bond donors (Lipinski definition) is 2. The van der Waals surface area contributed by atoms with Gasteiger partial charge in [0.25, 0.3) is 0 Å². The van der Waals surface area contributed by atoms with Gasteiger partial charge in [-0.1, -0.05) is 0 Å². The second-order valence-corrected chi connectivity index (χ2v) is 3.32. The lowest BCUT2D eigenvalue weighted by molar-refractivity contribution is 0.415. The molecule has 0 amide bonds. The van der Waals surface area contributed by atoms with Crippen LogP contribution in [-0.4, -0.2) is 17.1 Å². The summed E-state index contributed by atoms with van der Waals surface area (Å²) in [6, 6.07) is 7.72. The van der Waals surface area contributed by atoms with Crippen LogP contribution in [0.5, 0.6) is 5.75 Å². The van der Waals surface area contributed by atoms with Crippen LogP contribution in [0, 0.1) is 6.92 Å². The van der Waals surface area contributed by atoms with Crippen LogP contribution in [-0.2, 0) is 0 Å². The minimum absolute atomic E-state index is 0.443. The standard InChI is InChI=1S/C11H13N3O/c1-7-10(14-11(12)13-7)8-3-5-9(15-2)6-4-8/h3-6H,1-2H3,(H3,12,13,14). The molecule has 4 nitrogen and oxygen atoms in total. The lowest BCUT2D eigenvalue weighted by Gasteiger charge is -2.01. The molecule has 2 aromatic rings. The quantitative estimate of drug-likeness (QED) is 0.784. The van der Waals surface area contributed by atoms with Crippen molar-refractivity contribution < 1.29 is 4.74 Å². The Kier molecular flexibility index (Phi) is 2.33. The summed E-state index contributed by atoms with van der Waals surface area (Å²) in [6.45, 7) is 1.95. The highest BCUT2D eigenvalue weighted by atomic mass is 16.5. The van der Waals surface area contributed by atoms with Crippen LogP contribution in [0.15, 0.2) is 24.3 Å². The fourth-order valence-corrected chi connectivity index (χ4v) is 1.51. The van der Waals surface area contributed by atoms with E-state index in [4.69, 9.17) is 10.5 Å². The minimum atomic E-state index is 0.443. The highest BCUT2D eigenvalue weighted by molar-refractivity contribution is 5.64. The number of nitrogen functional groups attached to an aromatic ring is 1. The van der Waals surface area contributed by atoms with Crippen molar-refractivity contribution in [3.63, 3.8) is 0 Å². The molecule has 0 fully saturated rings. The van der Waals surface area contributed by atoms with E-state index in [1.54, 1.807) is 7.11 Å². The third kappa shape index (κ3) is 1.79. The fraction of sp³-hybridized carbons (Fsp3) is 0.182. The molecule has 1 aromatic heterocycles. The Bertz CT molecular complexity index is 459. The summed E-state index contributed by atoms with van der Waals surface area (Å²) in [5.41, 5.74) is 8.46. The van der Waals surface area contributed by atoms with Crippen molar-refractivity contribution >= 4 is 5.95 Å². The number of ether oxygens (including phenoxy) is 1. The van der Waals surface area contributed by atoms with E-state index in [-0.39, 0.29) is 0 Å². The summed E-state index contributed by atoms with van der Waals surface area (Å²) in [6.07, 6.45) is 0. The minimum Gasteiger partial charge on any atom is -0.497 e. The molecule has 0 radical (unpaired) electrons. The Labute approximate surface area is 88.1 Å². The average Bonchev–Trinajstić information content (AvgIpc) is 2.58. The molecule has 2 rings (SSSR count). The molecule has 78 valence electrons. The van der Waals surface area contributed by atoms with Crippen molar-refractivity contribution in [2.45, 2.75) is 6.92 Å². The van der Waals surface area contributed by atoms with E-state index in [1.165, 1.54) is 0 Å². The molecule has 0 aliphatic rings. The van der Waals surface area contributed by atoms with Gasteiger partial charge in [0, 0.05) is 11.3 Å². The van der Waals surface area contributed by atoms with E-state index in [0.29, 0.717) is 5.95 Å². The van der Waals surface area contributed by atoms with Gasteiger partial charge in [-0.15, -0.1) is 0 Å². The molecule has 3 N–H and O–H groups in total. The van der Waals surface area contributed by atoms with Gasteiger partial charge in [-0.05, 0) is 31.2 Å². The maximum absolute atomic E-state index is 5.58. The van der Waals surface area contributed by atoms with Gasteiger partial charge in [-0.25, -0.2) is 4.98 Å². The van der Waals surface area contributed by atoms with E-state index in [9.17, 15) is 0 Å². The van der Waals surface area contributed by atoms with Crippen molar-refractivity contribution in [3.8, 4) is 17.0 Å². The molecule has 15 heavy (non-hydrogen) atoms. The van der Waals surface area contributed by atoms with Gasteiger partial charge in [0.05, 0.1) is 12.8 Å². The van der Waals surface area contributed by atoms with E-state index in [2.05, 4.69) is 9.97 Å². The van der Waals surface area contributed by atoms with Crippen LogP contribution in [0.4, 0.5) is 5.95 Å². The third-order valence-corrected chi connectivity index (χ3v) is 2.27. The number of benzene rings is 1. The lowest BCUT2D eigenvalue weighted by atomic mass is 10.1. The first-order valence-electron chi connectivity index (χ1n) is 4.67. The van der Waals surface area contributed by atoms with Crippen LogP contribution in [0.25, 0.3) is 11.3 Å². The zero-order valence-corrected chi connectivity index (χ0v) is 8.74. The van der Waals surface area contributed by atoms with Crippen molar-refractivity contribution in [3.05, 3.63) is 30.0 Å². The highest BCUT2D eigenvalue weighted by Gasteiger charge is 2.06. The number of nitrogens with two attached hydrogens (primary N) is 1. The third-order valence-electron chi connectivity index (χ3n) is 2.27. The molecule has 1 aromatic carbocycles. The summed E-state index contributed by atoms with van der Waals surface area (Å²) < 4.78 is 5.09. The van der Waals surface area contributed by atoms with Gasteiger partial charge in [-0.3, -0.25) is 0 Å². The van der Waals surface area contributed by atoms with Crippen LogP contribution in [0.1, 0.15) is 5.69 Å². The van der Waals surface area contributed by atoms with E-state index < -0.39 is 0 Å². The lowest BCUT2D eigenvalue weighted by Crippen LogP contribution is -1.86. The number of aromatic nitrogens is 2. The molecular formula is C11H13N3O. The number of hydrogen-bond acceptors (Lipinski definition) is 3. The van der Waals surface area contributed by atoms with Gasteiger partial charge in [0.15, 0.2) is 5.95 Å². The first-order valence-corrected chi connectivity index (χ1v) is 4.67. The zero-order chi connectivity index (χ0) is 10.8. The van der Waals surface area contributed by atoms with E-state index in [1.807, 2.05) is 31.2 Å². The molecule has 0 spiro atoms. The van der Waals surface area contributed by atoms with Crippen LogP contribution >= 0.6 is 0 Å². The van der Waals surface area contributed by atoms with E-state index >= 15 is 0 Å². The maximum atomic E-state index is 5.58. The van der Waals surface area contributed by atoms with Crippen molar-refractivity contribution in [2.24, 2.45) is 0 Å². The summed E-state index contributed by atoms with van der Waals surface area (Å²) in [7, 11) is 1.65. The van der Waals surface area contributed by atoms with Gasteiger partial charge in [-0.2, -0.15) is 0 Å². The molecule has 0 aliphatic heterocycles. The number of anilines is 1. The van der Waals surface area contributed by atoms with Crippen LogP contribution in [0.2, 0.25) is 0 Å². The SMILES string of the molecule is COc1ccc(-c2nc(N)[nH]c2C)cc1. The Morgan fingerprint density at radius 1 is 1.27 bits per heavy atom. The van der Waals surface area contributed by atoms with Gasteiger partial charge in [0.1, 0.15) is 5.75 Å². The van der Waals surface area contributed by atoms with Crippen LogP contribution < -0.4 is 10.5 Å². The van der Waals surface area contributed by atoms with E-state index in [0.717, 1.165) is 22.7 Å². The summed E-state index contributed by atoms with van der Waals surface area (Å²) >= 11 is 0. The molecule has 1 heterocycles. The first kappa shape index (κ1) is 9.58. The Morgan fingerprint density at radius 2 is 1.93 bits per heavy atom. The summed E-state index contributed by atoms with van der Waals surface area (Å²) in [5, 5.41) is 0. The molecular weight excluding hydrogens is 190 g/mol. The first-order chi connectivity index (χ1) is 7.20. The number of rotatable bonds is 2. The summed E-state index contributed by atoms with van der Waals surface area (Å²) in [5.74, 6) is 1.28. The van der Waals surface area contributed by atoms with Crippen molar-refractivity contribution in [2.75, 3.05) is 12.8 Å². The van der Waals surface area contributed by atoms with Gasteiger partial charge >= 0.3 is 0 Å². The number of imidazole rings is 1. The Hall–Kier alpha value is -1.97. The molecule has 0 saturated carbocycles. The normalized spacial score (nSPS) is 10.3. The number of aryl methyl sites for hydroxylation is 1. The molecule has 0 unspecified atom stereocenters. The number of nitrogens with zero attached hydrogens (tertiary/aromatic N) is 1. The van der Waals surface area contributed by atoms with Crippen molar-refractivity contribution in [1.82, 2.24) is 9.97 Å². The molecule has 0 aliphatic carbocycles. The van der Waals surface area contributed by atoms with Gasteiger partial charge < -0.3 is 15.5 Å². The monoisotopic (exact) mass is 203 g/mol. The number of methoxy groups -OCH3 is 1. The molecule has 0 bridgehead atoms. The second-order valence-electron chi connectivity index (χ2n) is 3.32. The predicted molar refractivity (Wildman–Crippen MR) is 59.7 cm³/mol. The summed E-state index contributed by atoms with van der Waals surface area (Å²) in [4.78, 5) is 7.19. The Balaban J connectivity index is 2.41. The Morgan fingerprint density at radius 3 is 2.40 bits per heavy atom. The smallest absolute Gasteiger partial charge is 0.198 e. The van der Waals surface area contributed by atoms with Gasteiger partial charge in [0.2, 0.25) is 0 Å². The predicted octanol–water partition coefficient (Wildman–Crippen LogP) is 1.98. The average molecular weight is 203 g/mol. The molecule has 0 saturated heterocycles. The largest absolute Gasteiger partial charge is 0.497 e. The highest BCUT2D eigenvalue weighted by Crippen LogP contribution is 2.23. The number of H-pyrrole nitrogens is 1. The molecule has 4 heteroatoms. The zero-order valence-electron chi connectivity index (χ0n) is 8.74. The number of nitrogens with one attached hydrogen (secondary N) is 1.